The number of carbonyl (C=O) groups excluding carboxylic acids is 1. The lowest BCUT2D eigenvalue weighted by atomic mass is 10.2. The van der Waals surface area contributed by atoms with Crippen LogP contribution in [0.1, 0.15) is 19.8 Å². The van der Waals surface area contributed by atoms with E-state index in [9.17, 15) is 13.2 Å². The van der Waals surface area contributed by atoms with Crippen molar-refractivity contribution in [1.29, 1.82) is 0 Å². The molecule has 8 nitrogen and oxygen atoms in total. The lowest BCUT2D eigenvalue weighted by Gasteiger charge is -2.36. The number of nitrogens with one attached hydrogen (secondary N) is 2. The molecule has 4 rings (SSSR count). The van der Waals surface area contributed by atoms with Gasteiger partial charge in [-0.15, -0.1) is 0 Å². The first-order valence-corrected chi connectivity index (χ1v) is 12.7. The zero-order valence-corrected chi connectivity index (χ0v) is 19.5. The quantitative estimate of drug-likeness (QED) is 0.517. The molecular formula is C24H29N5O3S. The number of rotatable bonds is 7. The van der Waals surface area contributed by atoms with E-state index < -0.39 is 10.0 Å². The Labute approximate surface area is 194 Å². The van der Waals surface area contributed by atoms with Crippen LogP contribution in [0.15, 0.2) is 65.7 Å². The molecule has 2 aromatic carbocycles. The van der Waals surface area contributed by atoms with E-state index in [0.717, 1.165) is 37.0 Å². The number of sulfonamides is 1. The summed E-state index contributed by atoms with van der Waals surface area (Å²) < 4.78 is 28.6. The molecule has 174 valence electrons. The Morgan fingerprint density at radius 2 is 1.73 bits per heavy atom. The minimum absolute atomic E-state index is 0.00391. The Kier molecular flexibility index (Phi) is 6.98. The number of hydrogen-bond donors (Lipinski definition) is 2. The maximum atomic E-state index is 13.0. The summed E-state index contributed by atoms with van der Waals surface area (Å²) in [5, 5.41) is 3.73. The highest BCUT2D eigenvalue weighted by Gasteiger charge is 2.22. The van der Waals surface area contributed by atoms with Crippen molar-refractivity contribution in [2.75, 3.05) is 42.3 Å². The molecule has 3 aromatic rings. The summed E-state index contributed by atoms with van der Waals surface area (Å²) in [6.45, 7) is 5.58. The Hall–Kier alpha value is -3.33. The van der Waals surface area contributed by atoms with Gasteiger partial charge < -0.3 is 15.1 Å². The summed E-state index contributed by atoms with van der Waals surface area (Å²) in [4.78, 5) is 20.7. The molecule has 0 saturated carbocycles. The molecule has 1 fully saturated rings. The van der Waals surface area contributed by atoms with Gasteiger partial charge in [-0.1, -0.05) is 31.5 Å². The summed E-state index contributed by atoms with van der Waals surface area (Å²) in [5.74, 6) is 0. The third-order valence-electron chi connectivity index (χ3n) is 5.74. The van der Waals surface area contributed by atoms with Crippen LogP contribution in [0.25, 0.3) is 10.9 Å². The van der Waals surface area contributed by atoms with E-state index in [2.05, 4.69) is 26.8 Å². The first kappa shape index (κ1) is 22.8. The van der Waals surface area contributed by atoms with E-state index in [1.807, 2.05) is 29.2 Å². The van der Waals surface area contributed by atoms with Gasteiger partial charge in [0.15, 0.2) is 0 Å². The number of amides is 2. The first-order valence-electron chi connectivity index (χ1n) is 11.2. The predicted octanol–water partition coefficient (Wildman–Crippen LogP) is 3.67. The summed E-state index contributed by atoms with van der Waals surface area (Å²) in [6.07, 6.45) is 3.63. The topological polar surface area (TPSA) is 94.6 Å². The second-order valence-corrected chi connectivity index (χ2v) is 9.69. The van der Waals surface area contributed by atoms with Crippen LogP contribution >= 0.6 is 0 Å². The third-order valence-corrected chi connectivity index (χ3v) is 7.16. The zero-order chi connectivity index (χ0) is 23.3. The number of unbranched alkanes of at least 4 members (excludes halogenated alkanes) is 1. The molecule has 2 N–H and O–H groups in total. The van der Waals surface area contributed by atoms with Crippen LogP contribution in [0.4, 0.5) is 16.2 Å². The highest BCUT2D eigenvalue weighted by atomic mass is 32.2. The Morgan fingerprint density at radius 3 is 2.45 bits per heavy atom. The highest BCUT2D eigenvalue weighted by Crippen LogP contribution is 2.25. The molecule has 33 heavy (non-hydrogen) atoms. The van der Waals surface area contributed by atoms with Crippen molar-refractivity contribution in [3.05, 3.63) is 60.8 Å². The van der Waals surface area contributed by atoms with Gasteiger partial charge >= 0.3 is 6.03 Å². The lowest BCUT2D eigenvalue weighted by molar-refractivity contribution is 0.194. The smallest absolute Gasteiger partial charge is 0.317 e. The van der Waals surface area contributed by atoms with Gasteiger partial charge in [0, 0.05) is 55.7 Å². The van der Waals surface area contributed by atoms with E-state index in [4.69, 9.17) is 0 Å². The number of pyridine rings is 1. The van der Waals surface area contributed by atoms with Crippen LogP contribution in [0.3, 0.4) is 0 Å². The molecule has 1 saturated heterocycles. The molecule has 1 aliphatic heterocycles. The number of piperazine rings is 1. The van der Waals surface area contributed by atoms with Crippen molar-refractivity contribution >= 4 is 38.3 Å². The van der Waals surface area contributed by atoms with Gasteiger partial charge in [-0.05, 0) is 42.8 Å². The number of aromatic nitrogens is 1. The SMILES string of the molecule is CCCCNC(=O)N1CCN(c2ccc(NS(=O)(=O)c3cccc4cccnc34)cc2)CC1. The Bertz CT molecular complexity index is 1200. The fourth-order valence-corrected chi connectivity index (χ4v) is 5.13. The van der Waals surface area contributed by atoms with E-state index >= 15 is 0 Å². The summed E-state index contributed by atoms with van der Waals surface area (Å²) >= 11 is 0. The number of anilines is 2. The predicted molar refractivity (Wildman–Crippen MR) is 131 cm³/mol. The summed E-state index contributed by atoms with van der Waals surface area (Å²) in [7, 11) is -3.78. The van der Waals surface area contributed by atoms with Gasteiger partial charge in [0.1, 0.15) is 4.90 Å². The molecule has 0 aliphatic carbocycles. The number of para-hydroxylation sites is 1. The van der Waals surface area contributed by atoms with Gasteiger partial charge in [0.25, 0.3) is 10.0 Å². The number of nitrogens with zero attached hydrogens (tertiary/aromatic N) is 3. The fraction of sp³-hybridized carbons (Fsp3) is 0.333. The molecule has 2 amide bonds. The maximum Gasteiger partial charge on any atom is 0.317 e. The van der Waals surface area contributed by atoms with Gasteiger partial charge in [0.2, 0.25) is 0 Å². The molecule has 1 aliphatic rings. The molecular weight excluding hydrogens is 438 g/mol. The second-order valence-electron chi connectivity index (χ2n) is 8.04. The summed E-state index contributed by atoms with van der Waals surface area (Å²) in [5.41, 5.74) is 1.93. The van der Waals surface area contributed by atoms with Crippen LogP contribution < -0.4 is 14.9 Å². The molecule has 0 bridgehead atoms. The van der Waals surface area contributed by atoms with Crippen LogP contribution in [0.2, 0.25) is 0 Å². The highest BCUT2D eigenvalue weighted by molar-refractivity contribution is 7.93. The average Bonchev–Trinajstić information content (AvgIpc) is 2.84. The normalized spacial score (nSPS) is 14.3. The largest absolute Gasteiger partial charge is 0.368 e. The zero-order valence-electron chi connectivity index (χ0n) is 18.7. The second kappa shape index (κ2) is 10.1. The van der Waals surface area contributed by atoms with Crippen molar-refractivity contribution in [2.45, 2.75) is 24.7 Å². The third kappa shape index (κ3) is 5.36. The lowest BCUT2D eigenvalue weighted by Crippen LogP contribution is -2.52. The number of urea groups is 1. The van der Waals surface area contributed by atoms with Crippen LogP contribution in [-0.2, 0) is 10.0 Å². The Morgan fingerprint density at radius 1 is 1.00 bits per heavy atom. The number of hydrogen-bond acceptors (Lipinski definition) is 5. The van der Waals surface area contributed by atoms with Crippen molar-refractivity contribution in [1.82, 2.24) is 15.2 Å². The van der Waals surface area contributed by atoms with Crippen molar-refractivity contribution in [2.24, 2.45) is 0 Å². The van der Waals surface area contributed by atoms with Gasteiger partial charge in [-0.25, -0.2) is 13.2 Å². The Balaban J connectivity index is 1.38. The van der Waals surface area contributed by atoms with Gasteiger partial charge in [0.05, 0.1) is 5.52 Å². The molecule has 0 unspecified atom stereocenters. The van der Waals surface area contributed by atoms with Crippen LogP contribution in [0, 0.1) is 0 Å². The van der Waals surface area contributed by atoms with E-state index in [0.29, 0.717) is 30.8 Å². The first-order chi connectivity index (χ1) is 16.0. The number of fused-ring (bicyclic) bond motifs is 1. The minimum atomic E-state index is -3.78. The standard InChI is InChI=1S/C24H29N5O3S/c1-2-3-13-26-24(30)29-17-15-28(16-18-29)21-11-9-20(10-12-21)27-33(31,32)22-8-4-6-19-7-5-14-25-23(19)22/h4-12,14,27H,2-3,13,15-18H2,1H3,(H,26,30). The van der Waals surface area contributed by atoms with E-state index in [1.165, 1.54) is 0 Å². The number of benzene rings is 2. The molecule has 1 aromatic heterocycles. The van der Waals surface area contributed by atoms with Crippen LogP contribution in [-0.4, -0.2) is 57.1 Å². The van der Waals surface area contributed by atoms with E-state index in [1.54, 1.807) is 36.5 Å². The maximum absolute atomic E-state index is 13.0. The monoisotopic (exact) mass is 467 g/mol. The average molecular weight is 468 g/mol. The molecule has 0 atom stereocenters. The minimum Gasteiger partial charge on any atom is -0.368 e. The molecule has 0 radical (unpaired) electrons. The van der Waals surface area contributed by atoms with Gasteiger partial charge in [-0.2, -0.15) is 0 Å². The van der Waals surface area contributed by atoms with Crippen LogP contribution in [0.5, 0.6) is 0 Å². The van der Waals surface area contributed by atoms with Crippen molar-refractivity contribution < 1.29 is 13.2 Å². The van der Waals surface area contributed by atoms with E-state index in [-0.39, 0.29) is 10.9 Å². The molecule has 0 spiro atoms. The number of carbonyl (C=O) groups is 1. The molecule has 2 heterocycles. The summed E-state index contributed by atoms with van der Waals surface area (Å²) in [6, 6.07) is 16.0. The fourth-order valence-electron chi connectivity index (χ4n) is 3.90. The van der Waals surface area contributed by atoms with Gasteiger partial charge in [-0.3, -0.25) is 9.71 Å². The van der Waals surface area contributed by atoms with Crippen molar-refractivity contribution in [3.63, 3.8) is 0 Å². The molecule has 9 heteroatoms. The van der Waals surface area contributed by atoms with Crippen molar-refractivity contribution in [3.8, 4) is 0 Å².